The summed E-state index contributed by atoms with van der Waals surface area (Å²) in [4.78, 5) is 26.2. The van der Waals surface area contributed by atoms with Crippen LogP contribution in [0.5, 0.6) is 0 Å². The number of carbonyl (C=O) groups excluding carboxylic acids is 1. The second-order valence-electron chi connectivity index (χ2n) is 5.25. The number of aliphatic imine (C=N–C) groups is 1. The molecule has 1 aliphatic heterocycles. The van der Waals surface area contributed by atoms with Crippen LogP contribution in [-0.2, 0) is 0 Å². The Morgan fingerprint density at radius 2 is 2.17 bits per heavy atom. The number of hydrogen-bond acceptors (Lipinski definition) is 3. The summed E-state index contributed by atoms with van der Waals surface area (Å²) < 4.78 is 0. The fourth-order valence-electron chi connectivity index (χ4n) is 2.68. The molecular weight excluding hydrogens is 344 g/mol. The van der Waals surface area contributed by atoms with Gasteiger partial charge in [-0.15, -0.1) is 0 Å². The summed E-state index contributed by atoms with van der Waals surface area (Å²) in [5, 5.41) is 2.10. The summed E-state index contributed by atoms with van der Waals surface area (Å²) in [6.45, 7) is 0.774. The van der Waals surface area contributed by atoms with Crippen molar-refractivity contribution in [3.8, 4) is 0 Å². The van der Waals surface area contributed by atoms with Crippen molar-refractivity contribution in [2.45, 2.75) is 0 Å². The van der Waals surface area contributed by atoms with E-state index in [1.165, 1.54) is 0 Å². The lowest BCUT2D eigenvalue weighted by molar-refractivity contribution is 0.100. The van der Waals surface area contributed by atoms with Gasteiger partial charge >= 0.3 is 0 Å². The van der Waals surface area contributed by atoms with Gasteiger partial charge in [-0.3, -0.25) is 4.79 Å². The van der Waals surface area contributed by atoms with E-state index in [2.05, 4.69) is 15.0 Å². The van der Waals surface area contributed by atoms with Gasteiger partial charge in [0.2, 0.25) is 0 Å². The van der Waals surface area contributed by atoms with Crippen LogP contribution in [0.25, 0.3) is 11.0 Å². The molecule has 1 amide bonds. The molecule has 3 heterocycles. The number of thioether (sulfide) groups is 1. The molecule has 1 N–H and O–H groups in total. The SMILES string of the molecule is O=C(/N=C1\SCCN1c1ccccc1Cl)c1ccnc2[nH]ccc12. The Hall–Kier alpha value is -2.31. The summed E-state index contributed by atoms with van der Waals surface area (Å²) in [6, 6.07) is 11.1. The van der Waals surface area contributed by atoms with Gasteiger partial charge in [-0.05, 0) is 24.3 Å². The molecule has 1 aromatic carbocycles. The predicted molar refractivity (Wildman–Crippen MR) is 99.1 cm³/mol. The van der Waals surface area contributed by atoms with E-state index in [0.29, 0.717) is 21.4 Å². The van der Waals surface area contributed by atoms with Gasteiger partial charge in [-0.1, -0.05) is 35.5 Å². The van der Waals surface area contributed by atoms with Crippen molar-refractivity contribution in [2.75, 3.05) is 17.2 Å². The van der Waals surface area contributed by atoms with Crippen LogP contribution < -0.4 is 4.90 Å². The number of rotatable bonds is 2. The molecule has 4 rings (SSSR count). The number of H-pyrrole nitrogens is 1. The average Bonchev–Trinajstić information content (AvgIpc) is 3.24. The molecule has 0 aliphatic carbocycles. The first kappa shape index (κ1) is 15.2. The number of fused-ring (bicyclic) bond motifs is 1. The van der Waals surface area contributed by atoms with E-state index in [1.54, 1.807) is 30.2 Å². The molecule has 120 valence electrons. The first-order valence-corrected chi connectivity index (χ1v) is 8.80. The van der Waals surface area contributed by atoms with E-state index < -0.39 is 0 Å². The highest BCUT2D eigenvalue weighted by atomic mass is 35.5. The fraction of sp³-hybridized carbons (Fsp3) is 0.118. The first-order chi connectivity index (χ1) is 11.7. The molecule has 2 aromatic heterocycles. The highest BCUT2D eigenvalue weighted by Crippen LogP contribution is 2.31. The number of amides is 1. The second-order valence-corrected chi connectivity index (χ2v) is 6.72. The molecule has 1 fully saturated rings. The zero-order valence-corrected chi connectivity index (χ0v) is 14.1. The molecular formula is C17H13ClN4OS. The van der Waals surface area contributed by atoms with Crippen molar-refractivity contribution in [2.24, 2.45) is 4.99 Å². The van der Waals surface area contributed by atoms with Crippen molar-refractivity contribution in [1.82, 2.24) is 9.97 Å². The highest BCUT2D eigenvalue weighted by Gasteiger charge is 2.24. The number of nitrogens with zero attached hydrogens (tertiary/aromatic N) is 3. The van der Waals surface area contributed by atoms with E-state index >= 15 is 0 Å². The predicted octanol–water partition coefficient (Wildman–Crippen LogP) is 3.97. The molecule has 0 radical (unpaired) electrons. The minimum Gasteiger partial charge on any atom is -0.346 e. The molecule has 3 aromatic rings. The lowest BCUT2D eigenvalue weighted by Gasteiger charge is -2.18. The molecule has 0 unspecified atom stereocenters. The Kier molecular flexibility index (Phi) is 4.00. The van der Waals surface area contributed by atoms with Crippen molar-refractivity contribution in [1.29, 1.82) is 0 Å². The number of nitrogens with one attached hydrogen (secondary N) is 1. The molecule has 0 saturated carbocycles. The molecule has 7 heteroatoms. The third kappa shape index (κ3) is 2.68. The molecule has 0 bridgehead atoms. The van der Waals surface area contributed by atoms with Gasteiger partial charge in [-0.25, -0.2) is 4.98 Å². The lowest BCUT2D eigenvalue weighted by Crippen LogP contribution is -2.24. The zero-order valence-electron chi connectivity index (χ0n) is 12.6. The standard InChI is InChI=1S/C17H13ClN4OS/c18-13-3-1-2-4-14(13)22-9-10-24-17(22)21-16(23)12-6-8-20-15-11(12)5-7-19-15/h1-8H,9-10H2,(H,19,20)/b21-17-. The molecule has 5 nitrogen and oxygen atoms in total. The van der Waals surface area contributed by atoms with Gasteiger partial charge in [0.05, 0.1) is 16.3 Å². The van der Waals surface area contributed by atoms with Crippen LogP contribution in [0.1, 0.15) is 10.4 Å². The number of benzene rings is 1. The maximum Gasteiger partial charge on any atom is 0.280 e. The third-order valence-corrected chi connectivity index (χ3v) is 5.08. The number of amidine groups is 1. The van der Waals surface area contributed by atoms with E-state index in [9.17, 15) is 4.79 Å². The topological polar surface area (TPSA) is 61.4 Å². The Balaban J connectivity index is 1.70. The Morgan fingerprint density at radius 3 is 3.04 bits per heavy atom. The maximum atomic E-state index is 12.7. The monoisotopic (exact) mass is 356 g/mol. The van der Waals surface area contributed by atoms with E-state index in [0.717, 1.165) is 23.4 Å². The normalized spacial score (nSPS) is 16.2. The maximum absolute atomic E-state index is 12.7. The Bertz CT molecular complexity index is 952. The summed E-state index contributed by atoms with van der Waals surface area (Å²) in [7, 11) is 0. The van der Waals surface area contributed by atoms with Crippen LogP contribution in [0.2, 0.25) is 5.02 Å². The van der Waals surface area contributed by atoms with Crippen molar-refractivity contribution >= 4 is 51.2 Å². The van der Waals surface area contributed by atoms with Gasteiger partial charge in [-0.2, -0.15) is 4.99 Å². The van der Waals surface area contributed by atoms with E-state index in [-0.39, 0.29) is 5.91 Å². The Morgan fingerprint density at radius 1 is 1.29 bits per heavy atom. The van der Waals surface area contributed by atoms with Crippen molar-refractivity contribution < 1.29 is 4.79 Å². The van der Waals surface area contributed by atoms with Crippen LogP contribution in [0, 0.1) is 0 Å². The fourth-order valence-corrected chi connectivity index (χ4v) is 3.87. The highest BCUT2D eigenvalue weighted by molar-refractivity contribution is 8.14. The molecule has 0 atom stereocenters. The lowest BCUT2D eigenvalue weighted by atomic mass is 10.2. The zero-order chi connectivity index (χ0) is 16.5. The third-order valence-electron chi connectivity index (χ3n) is 3.81. The molecule has 1 saturated heterocycles. The molecule has 0 spiro atoms. The van der Waals surface area contributed by atoms with E-state index in [1.807, 2.05) is 35.2 Å². The minimum absolute atomic E-state index is 0.275. The first-order valence-electron chi connectivity index (χ1n) is 7.44. The van der Waals surface area contributed by atoms with Gasteiger partial charge in [0.1, 0.15) is 5.65 Å². The minimum atomic E-state index is -0.275. The average molecular weight is 357 g/mol. The van der Waals surface area contributed by atoms with Gasteiger partial charge in [0.15, 0.2) is 5.17 Å². The molecule has 1 aliphatic rings. The van der Waals surface area contributed by atoms with E-state index in [4.69, 9.17) is 11.6 Å². The summed E-state index contributed by atoms with van der Waals surface area (Å²) >= 11 is 7.84. The number of anilines is 1. The number of para-hydroxylation sites is 1. The van der Waals surface area contributed by atoms with Crippen molar-refractivity contribution in [3.05, 3.63) is 59.4 Å². The summed E-state index contributed by atoms with van der Waals surface area (Å²) in [5.41, 5.74) is 2.10. The summed E-state index contributed by atoms with van der Waals surface area (Å²) in [6.07, 6.45) is 3.38. The number of halogens is 1. The smallest absolute Gasteiger partial charge is 0.280 e. The van der Waals surface area contributed by atoms with Gasteiger partial charge in [0.25, 0.3) is 5.91 Å². The van der Waals surface area contributed by atoms with Crippen LogP contribution in [0.3, 0.4) is 0 Å². The van der Waals surface area contributed by atoms with Crippen LogP contribution in [-0.4, -0.2) is 33.3 Å². The summed E-state index contributed by atoms with van der Waals surface area (Å²) in [5.74, 6) is 0.594. The number of aromatic amines is 1. The van der Waals surface area contributed by atoms with Crippen LogP contribution in [0.15, 0.2) is 53.8 Å². The number of pyridine rings is 1. The molecule has 24 heavy (non-hydrogen) atoms. The number of aromatic nitrogens is 2. The van der Waals surface area contributed by atoms with Gasteiger partial charge in [0, 0.05) is 30.1 Å². The Labute approximate surface area is 147 Å². The number of carbonyl (C=O) groups is 1. The van der Waals surface area contributed by atoms with Crippen LogP contribution >= 0.6 is 23.4 Å². The van der Waals surface area contributed by atoms with Crippen LogP contribution in [0.4, 0.5) is 5.69 Å². The second kappa shape index (κ2) is 6.30. The van der Waals surface area contributed by atoms with Gasteiger partial charge < -0.3 is 9.88 Å². The largest absolute Gasteiger partial charge is 0.346 e. The van der Waals surface area contributed by atoms with Crippen molar-refractivity contribution in [3.63, 3.8) is 0 Å². The quantitative estimate of drug-likeness (QED) is 0.754. The number of hydrogen-bond donors (Lipinski definition) is 1.